The van der Waals surface area contributed by atoms with Gasteiger partial charge in [0.25, 0.3) is 0 Å². The lowest BCUT2D eigenvalue weighted by Gasteiger charge is -2.08. The molecule has 1 aromatic carbocycles. The van der Waals surface area contributed by atoms with Gasteiger partial charge in [-0.25, -0.2) is 9.78 Å². The average Bonchev–Trinajstić information content (AvgIpc) is 2.94. The van der Waals surface area contributed by atoms with Crippen molar-refractivity contribution in [2.75, 3.05) is 18.6 Å². The Hall–Kier alpha value is -2.41. The number of nitrogens with one attached hydrogen (secondary N) is 1. The van der Waals surface area contributed by atoms with Crippen LogP contribution in [0.4, 0.5) is 5.13 Å². The van der Waals surface area contributed by atoms with Crippen molar-refractivity contribution in [3.8, 4) is 5.75 Å². The number of anilines is 1. The van der Waals surface area contributed by atoms with Gasteiger partial charge in [-0.15, -0.1) is 0 Å². The van der Waals surface area contributed by atoms with E-state index in [4.69, 9.17) is 9.47 Å². The number of benzene rings is 1. The smallest absolute Gasteiger partial charge is 0.350 e. The quantitative estimate of drug-likeness (QED) is 0.435. The summed E-state index contributed by atoms with van der Waals surface area (Å²) in [5, 5.41) is 4.72. The van der Waals surface area contributed by atoms with Crippen LogP contribution in [0.15, 0.2) is 29.4 Å². The fourth-order valence-corrected chi connectivity index (χ4v) is 2.75. The predicted molar refractivity (Wildman–Crippen MR) is 101 cm³/mol. The van der Waals surface area contributed by atoms with E-state index in [0.29, 0.717) is 34.8 Å². The van der Waals surface area contributed by atoms with Crippen molar-refractivity contribution < 1.29 is 14.3 Å². The molecule has 134 valence electrons. The van der Waals surface area contributed by atoms with E-state index in [0.717, 1.165) is 11.3 Å². The number of rotatable bonds is 8. The van der Waals surface area contributed by atoms with Crippen molar-refractivity contribution in [2.45, 2.75) is 27.7 Å². The fourth-order valence-electron chi connectivity index (χ4n) is 1.94. The molecule has 0 amide bonds. The summed E-state index contributed by atoms with van der Waals surface area (Å²) in [5.74, 6) is 0.928. The third-order valence-corrected chi connectivity index (χ3v) is 4.11. The number of aryl methyl sites for hydroxylation is 1. The van der Waals surface area contributed by atoms with E-state index in [1.165, 1.54) is 11.3 Å². The first-order valence-electron chi connectivity index (χ1n) is 8.16. The summed E-state index contributed by atoms with van der Waals surface area (Å²) < 4.78 is 10.7. The van der Waals surface area contributed by atoms with Crippen molar-refractivity contribution in [3.05, 3.63) is 40.4 Å². The minimum absolute atomic E-state index is 0.340. The van der Waals surface area contributed by atoms with Crippen LogP contribution in [0.3, 0.4) is 0 Å². The number of hydrazone groups is 1. The molecule has 6 nitrogen and oxygen atoms in total. The van der Waals surface area contributed by atoms with E-state index in [2.05, 4.69) is 29.4 Å². The zero-order valence-corrected chi connectivity index (χ0v) is 15.7. The van der Waals surface area contributed by atoms with E-state index in [9.17, 15) is 4.79 Å². The number of nitrogens with zero attached hydrogens (tertiary/aromatic N) is 2. The standard InChI is InChI=1S/C18H23N3O3S/c1-5-23-17(22)16-13(4)20-18(25-16)21-19-10-14-7-6-8-15(9-14)24-11-12(2)3/h6-10,12H,5,11H2,1-4H3,(H,20,21)/b19-10-. The Morgan fingerprint density at radius 1 is 1.44 bits per heavy atom. The van der Waals surface area contributed by atoms with Crippen LogP contribution in [-0.4, -0.2) is 30.4 Å². The van der Waals surface area contributed by atoms with Crippen LogP contribution in [0.25, 0.3) is 0 Å². The molecule has 0 radical (unpaired) electrons. The largest absolute Gasteiger partial charge is 0.493 e. The van der Waals surface area contributed by atoms with Crippen LogP contribution in [0.2, 0.25) is 0 Å². The molecule has 0 fully saturated rings. The summed E-state index contributed by atoms with van der Waals surface area (Å²) in [6.45, 7) is 8.77. The highest BCUT2D eigenvalue weighted by Crippen LogP contribution is 2.23. The van der Waals surface area contributed by atoms with Gasteiger partial charge in [-0.1, -0.05) is 37.3 Å². The maximum Gasteiger partial charge on any atom is 0.350 e. The topological polar surface area (TPSA) is 72.8 Å². The zero-order valence-electron chi connectivity index (χ0n) is 14.9. The maximum absolute atomic E-state index is 11.8. The summed E-state index contributed by atoms with van der Waals surface area (Å²) in [4.78, 5) is 16.6. The first kappa shape index (κ1) is 18.9. The Balaban J connectivity index is 1.98. The Morgan fingerprint density at radius 2 is 2.24 bits per heavy atom. The molecule has 0 spiro atoms. The SMILES string of the molecule is CCOC(=O)c1sc(N/N=C\c2cccc(OCC(C)C)c2)nc1C. The molecule has 7 heteroatoms. The molecule has 1 heterocycles. The number of carbonyl (C=O) groups excluding carboxylic acids is 1. The van der Waals surface area contributed by atoms with E-state index < -0.39 is 0 Å². The minimum Gasteiger partial charge on any atom is -0.493 e. The number of hydrogen-bond donors (Lipinski definition) is 1. The Kier molecular flexibility index (Phi) is 6.94. The molecule has 0 saturated carbocycles. The van der Waals surface area contributed by atoms with Gasteiger partial charge in [0, 0.05) is 0 Å². The number of thiazole rings is 1. The number of esters is 1. The van der Waals surface area contributed by atoms with Gasteiger partial charge < -0.3 is 9.47 Å². The second-order valence-electron chi connectivity index (χ2n) is 5.80. The molecule has 0 unspecified atom stereocenters. The van der Waals surface area contributed by atoms with Crippen molar-refractivity contribution in [3.63, 3.8) is 0 Å². The molecular formula is C18H23N3O3S. The van der Waals surface area contributed by atoms with Gasteiger partial charge >= 0.3 is 5.97 Å². The van der Waals surface area contributed by atoms with Gasteiger partial charge in [0.1, 0.15) is 10.6 Å². The van der Waals surface area contributed by atoms with Crippen LogP contribution in [-0.2, 0) is 4.74 Å². The lowest BCUT2D eigenvalue weighted by molar-refractivity contribution is 0.0531. The molecular weight excluding hydrogens is 338 g/mol. The predicted octanol–water partition coefficient (Wildman–Crippen LogP) is 4.11. The Labute approximate surface area is 151 Å². The van der Waals surface area contributed by atoms with Crippen molar-refractivity contribution in [1.29, 1.82) is 0 Å². The number of hydrogen-bond acceptors (Lipinski definition) is 7. The monoisotopic (exact) mass is 361 g/mol. The highest BCUT2D eigenvalue weighted by molar-refractivity contribution is 7.17. The second kappa shape index (κ2) is 9.17. The number of ether oxygens (including phenoxy) is 2. The molecule has 0 aliphatic carbocycles. The molecule has 1 aromatic heterocycles. The first-order chi connectivity index (χ1) is 12.0. The summed E-state index contributed by atoms with van der Waals surface area (Å²) >= 11 is 1.22. The van der Waals surface area contributed by atoms with Gasteiger partial charge in [0.05, 0.1) is 25.1 Å². The normalized spacial score (nSPS) is 11.1. The maximum atomic E-state index is 11.8. The first-order valence-corrected chi connectivity index (χ1v) is 8.97. The van der Waals surface area contributed by atoms with Gasteiger partial charge in [0.15, 0.2) is 0 Å². The molecule has 0 atom stereocenters. The molecule has 0 bridgehead atoms. The van der Waals surface area contributed by atoms with Crippen LogP contribution >= 0.6 is 11.3 Å². The summed E-state index contributed by atoms with van der Waals surface area (Å²) in [6.07, 6.45) is 1.68. The van der Waals surface area contributed by atoms with Crippen molar-refractivity contribution >= 4 is 28.7 Å². The third kappa shape index (κ3) is 5.86. The van der Waals surface area contributed by atoms with Crippen LogP contribution < -0.4 is 10.2 Å². The summed E-state index contributed by atoms with van der Waals surface area (Å²) in [5.41, 5.74) is 4.39. The molecule has 0 aliphatic rings. The highest BCUT2D eigenvalue weighted by atomic mass is 32.1. The fraction of sp³-hybridized carbons (Fsp3) is 0.389. The molecule has 25 heavy (non-hydrogen) atoms. The average molecular weight is 361 g/mol. The summed E-state index contributed by atoms with van der Waals surface area (Å²) in [7, 11) is 0. The Bertz CT molecular complexity index is 741. The molecule has 2 rings (SSSR count). The van der Waals surface area contributed by atoms with E-state index in [1.807, 2.05) is 24.3 Å². The van der Waals surface area contributed by atoms with Gasteiger partial charge in [-0.3, -0.25) is 5.43 Å². The van der Waals surface area contributed by atoms with E-state index in [-0.39, 0.29) is 5.97 Å². The molecule has 0 aliphatic heterocycles. The van der Waals surface area contributed by atoms with Gasteiger partial charge in [-0.2, -0.15) is 5.10 Å². The van der Waals surface area contributed by atoms with Crippen LogP contribution in [0.1, 0.15) is 41.7 Å². The van der Waals surface area contributed by atoms with E-state index in [1.54, 1.807) is 20.1 Å². The van der Waals surface area contributed by atoms with Crippen LogP contribution in [0, 0.1) is 12.8 Å². The number of aromatic nitrogens is 1. The second-order valence-corrected chi connectivity index (χ2v) is 6.80. The van der Waals surface area contributed by atoms with Gasteiger partial charge in [0.2, 0.25) is 5.13 Å². The van der Waals surface area contributed by atoms with Gasteiger partial charge in [-0.05, 0) is 37.5 Å². The minimum atomic E-state index is -0.357. The lowest BCUT2D eigenvalue weighted by atomic mass is 10.2. The van der Waals surface area contributed by atoms with Crippen LogP contribution in [0.5, 0.6) is 5.75 Å². The Morgan fingerprint density at radius 3 is 2.96 bits per heavy atom. The molecule has 0 saturated heterocycles. The van der Waals surface area contributed by atoms with Crippen molar-refractivity contribution in [1.82, 2.24) is 4.98 Å². The highest BCUT2D eigenvalue weighted by Gasteiger charge is 2.15. The molecule has 2 aromatic rings. The van der Waals surface area contributed by atoms with Crippen molar-refractivity contribution in [2.24, 2.45) is 11.0 Å². The lowest BCUT2D eigenvalue weighted by Crippen LogP contribution is -2.04. The summed E-state index contributed by atoms with van der Waals surface area (Å²) in [6, 6.07) is 7.70. The zero-order chi connectivity index (χ0) is 18.2. The van der Waals surface area contributed by atoms with E-state index >= 15 is 0 Å². The molecule has 1 N–H and O–H groups in total. The number of carbonyl (C=O) groups is 1. The third-order valence-electron chi connectivity index (χ3n) is 3.07.